The molecule has 92 valence electrons. The number of halogens is 2. The normalized spacial score (nSPS) is 23.1. The van der Waals surface area contributed by atoms with Crippen LogP contribution in [0.5, 0.6) is 0 Å². The summed E-state index contributed by atoms with van der Waals surface area (Å²) in [5, 5.41) is 4.27. The van der Waals surface area contributed by atoms with Crippen LogP contribution in [0.1, 0.15) is 30.0 Å². The summed E-state index contributed by atoms with van der Waals surface area (Å²) in [5.41, 5.74) is 1.79. The van der Waals surface area contributed by atoms with E-state index in [-0.39, 0.29) is 11.9 Å². The molecule has 3 nitrogen and oxygen atoms in total. The molecule has 0 amide bonds. The Kier molecular flexibility index (Phi) is 3.61. The molecule has 17 heavy (non-hydrogen) atoms. The van der Waals surface area contributed by atoms with Crippen molar-refractivity contribution in [3.05, 3.63) is 33.3 Å². The maximum atomic E-state index is 11.7. The highest BCUT2D eigenvalue weighted by Gasteiger charge is 2.31. The Hall–Kier alpha value is -0.770. The summed E-state index contributed by atoms with van der Waals surface area (Å²) in [4.78, 5) is 11.7. The van der Waals surface area contributed by atoms with Crippen LogP contribution >= 0.6 is 23.2 Å². The van der Waals surface area contributed by atoms with Crippen LogP contribution in [0.25, 0.3) is 0 Å². The molecule has 0 bridgehead atoms. The number of benzene rings is 1. The molecule has 1 aromatic rings. The highest BCUT2D eigenvalue weighted by molar-refractivity contribution is 6.35. The fourth-order valence-corrected chi connectivity index (χ4v) is 2.89. The molecule has 0 spiro atoms. The van der Waals surface area contributed by atoms with Crippen molar-refractivity contribution in [2.24, 2.45) is 0 Å². The van der Waals surface area contributed by atoms with Gasteiger partial charge in [-0.3, -0.25) is 0 Å². The maximum Gasteiger partial charge on any atom is 0.327 e. The smallest absolute Gasteiger partial charge is 0.327 e. The van der Waals surface area contributed by atoms with Crippen molar-refractivity contribution in [2.45, 2.75) is 18.9 Å². The number of fused-ring (bicyclic) bond motifs is 1. The summed E-state index contributed by atoms with van der Waals surface area (Å²) >= 11 is 12.2. The molecule has 0 saturated carbocycles. The first-order valence-electron chi connectivity index (χ1n) is 5.34. The summed E-state index contributed by atoms with van der Waals surface area (Å²) in [6.45, 7) is 2.74. The number of rotatable bonds is 1. The first-order valence-corrected chi connectivity index (χ1v) is 6.10. The topological polar surface area (TPSA) is 38.3 Å². The number of esters is 1. The standard InChI is InChI=1S/C12H13Cl2NO2/c1-6-5-15-11(12(16)17-2)8-3-7(13)4-9(14)10(6)8/h3-4,6,11,15H,5H2,1-2H3. The van der Waals surface area contributed by atoms with Gasteiger partial charge in [0.25, 0.3) is 0 Å². The van der Waals surface area contributed by atoms with Crippen molar-refractivity contribution in [3.8, 4) is 0 Å². The molecule has 1 aliphatic heterocycles. The van der Waals surface area contributed by atoms with E-state index in [0.29, 0.717) is 16.6 Å². The van der Waals surface area contributed by atoms with Gasteiger partial charge in [-0.05, 0) is 29.2 Å². The zero-order valence-corrected chi connectivity index (χ0v) is 11.1. The Morgan fingerprint density at radius 2 is 2.18 bits per heavy atom. The summed E-state index contributed by atoms with van der Waals surface area (Å²) in [7, 11) is 1.37. The van der Waals surface area contributed by atoms with Gasteiger partial charge in [0.1, 0.15) is 6.04 Å². The van der Waals surface area contributed by atoms with E-state index < -0.39 is 6.04 Å². The molecule has 2 rings (SSSR count). The first-order chi connectivity index (χ1) is 8.04. The lowest BCUT2D eigenvalue weighted by Gasteiger charge is -2.30. The number of ether oxygens (including phenoxy) is 1. The number of carbonyl (C=O) groups is 1. The van der Waals surface area contributed by atoms with E-state index in [4.69, 9.17) is 27.9 Å². The van der Waals surface area contributed by atoms with Crippen molar-refractivity contribution in [1.29, 1.82) is 0 Å². The summed E-state index contributed by atoms with van der Waals surface area (Å²) < 4.78 is 4.77. The lowest BCUT2D eigenvalue weighted by atomic mass is 9.87. The monoisotopic (exact) mass is 273 g/mol. The van der Waals surface area contributed by atoms with E-state index in [0.717, 1.165) is 11.1 Å². The number of carbonyl (C=O) groups excluding carboxylic acids is 1. The van der Waals surface area contributed by atoms with Crippen LogP contribution < -0.4 is 5.32 Å². The predicted octanol–water partition coefficient (Wildman–Crippen LogP) is 2.91. The van der Waals surface area contributed by atoms with Gasteiger partial charge >= 0.3 is 5.97 Å². The van der Waals surface area contributed by atoms with Crippen molar-refractivity contribution >= 4 is 29.2 Å². The second-order valence-corrected chi connectivity index (χ2v) is 5.00. The molecule has 0 aromatic heterocycles. The fraction of sp³-hybridized carbons (Fsp3) is 0.417. The highest BCUT2D eigenvalue weighted by atomic mass is 35.5. The molecule has 2 unspecified atom stereocenters. The SMILES string of the molecule is COC(=O)C1NCC(C)c2c(Cl)cc(Cl)cc21. The van der Waals surface area contributed by atoms with Crippen LogP contribution in [-0.4, -0.2) is 19.6 Å². The number of hydrogen-bond donors (Lipinski definition) is 1. The van der Waals surface area contributed by atoms with Gasteiger partial charge < -0.3 is 10.1 Å². The molecule has 1 aromatic carbocycles. The lowest BCUT2D eigenvalue weighted by molar-refractivity contribution is -0.143. The Bertz CT molecular complexity index is 462. The van der Waals surface area contributed by atoms with Crippen LogP contribution in [0.4, 0.5) is 0 Å². The zero-order chi connectivity index (χ0) is 12.6. The Balaban J connectivity index is 2.55. The minimum atomic E-state index is -0.484. The predicted molar refractivity (Wildman–Crippen MR) is 67.6 cm³/mol. The highest BCUT2D eigenvalue weighted by Crippen LogP contribution is 2.37. The van der Waals surface area contributed by atoms with Crippen LogP contribution in [-0.2, 0) is 9.53 Å². The molecule has 1 heterocycles. The van der Waals surface area contributed by atoms with E-state index in [2.05, 4.69) is 12.2 Å². The third-order valence-electron chi connectivity index (χ3n) is 3.00. The molecule has 0 saturated heterocycles. The molecule has 1 N–H and O–H groups in total. The second kappa shape index (κ2) is 4.84. The van der Waals surface area contributed by atoms with Gasteiger partial charge in [-0.25, -0.2) is 4.79 Å². The van der Waals surface area contributed by atoms with Gasteiger partial charge in [0.05, 0.1) is 7.11 Å². The Morgan fingerprint density at radius 3 is 2.82 bits per heavy atom. The van der Waals surface area contributed by atoms with Gasteiger partial charge in [0, 0.05) is 16.6 Å². The van der Waals surface area contributed by atoms with E-state index in [1.807, 2.05) is 0 Å². The van der Waals surface area contributed by atoms with Crippen LogP contribution in [0, 0.1) is 0 Å². The summed E-state index contributed by atoms with van der Waals surface area (Å²) in [5.74, 6) is -0.0767. The number of hydrogen-bond acceptors (Lipinski definition) is 3. The summed E-state index contributed by atoms with van der Waals surface area (Å²) in [6.07, 6.45) is 0. The minimum Gasteiger partial charge on any atom is -0.468 e. The van der Waals surface area contributed by atoms with E-state index in [9.17, 15) is 4.79 Å². The van der Waals surface area contributed by atoms with Crippen LogP contribution in [0.3, 0.4) is 0 Å². The maximum absolute atomic E-state index is 11.7. The number of nitrogens with one attached hydrogen (secondary N) is 1. The van der Waals surface area contributed by atoms with Gasteiger partial charge in [-0.2, -0.15) is 0 Å². The molecule has 0 aliphatic carbocycles. The van der Waals surface area contributed by atoms with E-state index in [1.54, 1.807) is 12.1 Å². The van der Waals surface area contributed by atoms with Crippen molar-refractivity contribution in [2.75, 3.05) is 13.7 Å². The third kappa shape index (κ3) is 2.28. The lowest BCUT2D eigenvalue weighted by Crippen LogP contribution is -2.37. The fourth-order valence-electron chi connectivity index (χ4n) is 2.20. The van der Waals surface area contributed by atoms with Crippen LogP contribution in [0.15, 0.2) is 12.1 Å². The molecule has 2 atom stereocenters. The molecule has 1 aliphatic rings. The van der Waals surface area contributed by atoms with Crippen molar-refractivity contribution in [3.63, 3.8) is 0 Å². The van der Waals surface area contributed by atoms with Gasteiger partial charge in [-0.15, -0.1) is 0 Å². The van der Waals surface area contributed by atoms with E-state index >= 15 is 0 Å². The molecular weight excluding hydrogens is 261 g/mol. The minimum absolute atomic E-state index is 0.246. The third-order valence-corrected chi connectivity index (χ3v) is 3.53. The largest absolute Gasteiger partial charge is 0.468 e. The Morgan fingerprint density at radius 1 is 1.47 bits per heavy atom. The first kappa shape index (κ1) is 12.7. The Labute approximate surface area is 110 Å². The van der Waals surface area contributed by atoms with Gasteiger partial charge in [-0.1, -0.05) is 30.1 Å². The quantitative estimate of drug-likeness (QED) is 0.800. The number of methoxy groups -OCH3 is 1. The average molecular weight is 274 g/mol. The van der Waals surface area contributed by atoms with Gasteiger partial charge in [0.2, 0.25) is 0 Å². The molecule has 5 heteroatoms. The van der Waals surface area contributed by atoms with Crippen molar-refractivity contribution in [1.82, 2.24) is 5.32 Å². The zero-order valence-electron chi connectivity index (χ0n) is 9.59. The molecule has 0 fully saturated rings. The van der Waals surface area contributed by atoms with Gasteiger partial charge in [0.15, 0.2) is 0 Å². The van der Waals surface area contributed by atoms with E-state index in [1.165, 1.54) is 7.11 Å². The summed E-state index contributed by atoms with van der Waals surface area (Å²) in [6, 6.07) is 2.99. The van der Waals surface area contributed by atoms with Crippen LogP contribution in [0.2, 0.25) is 10.0 Å². The molecule has 0 radical (unpaired) electrons. The second-order valence-electron chi connectivity index (χ2n) is 4.16. The average Bonchev–Trinajstić information content (AvgIpc) is 2.27. The van der Waals surface area contributed by atoms with Crippen molar-refractivity contribution < 1.29 is 9.53 Å². The molecular formula is C12H13Cl2NO2.